The number of hydrogen-bond acceptors (Lipinski definition) is 4. The second-order valence-corrected chi connectivity index (χ2v) is 3.16. The summed E-state index contributed by atoms with van der Waals surface area (Å²) < 4.78 is 1.53. The molecule has 0 unspecified atom stereocenters. The Bertz CT molecular complexity index is 504. The standard InChI is InChI=1S/C10H10N4O/c1-7-11-5-3-8(13-7)10(15)9-4-6-12-14(9)2/h3-6H,1-2H3. The molecule has 0 amide bonds. The summed E-state index contributed by atoms with van der Waals surface area (Å²) in [5.41, 5.74) is 0.916. The van der Waals surface area contributed by atoms with Crippen molar-refractivity contribution in [2.75, 3.05) is 0 Å². The van der Waals surface area contributed by atoms with Crippen molar-refractivity contribution >= 4 is 5.78 Å². The number of nitrogens with zero attached hydrogens (tertiary/aromatic N) is 4. The van der Waals surface area contributed by atoms with E-state index < -0.39 is 0 Å². The van der Waals surface area contributed by atoms with Crippen LogP contribution in [0.3, 0.4) is 0 Å². The third-order valence-corrected chi connectivity index (χ3v) is 2.06. The molecular weight excluding hydrogens is 192 g/mol. The molecule has 0 bridgehead atoms. The van der Waals surface area contributed by atoms with Crippen molar-refractivity contribution in [3.8, 4) is 0 Å². The van der Waals surface area contributed by atoms with E-state index in [1.807, 2.05) is 0 Å². The third-order valence-electron chi connectivity index (χ3n) is 2.06. The van der Waals surface area contributed by atoms with Crippen molar-refractivity contribution in [3.63, 3.8) is 0 Å². The molecule has 0 N–H and O–H groups in total. The van der Waals surface area contributed by atoms with Crippen LogP contribution < -0.4 is 0 Å². The Morgan fingerprint density at radius 2 is 2.13 bits per heavy atom. The van der Waals surface area contributed by atoms with Gasteiger partial charge in [-0.1, -0.05) is 0 Å². The second-order valence-electron chi connectivity index (χ2n) is 3.16. The first kappa shape index (κ1) is 9.51. The minimum absolute atomic E-state index is 0.138. The molecule has 0 aliphatic heterocycles. The van der Waals surface area contributed by atoms with Gasteiger partial charge in [-0.2, -0.15) is 5.10 Å². The van der Waals surface area contributed by atoms with Gasteiger partial charge < -0.3 is 0 Å². The van der Waals surface area contributed by atoms with Gasteiger partial charge in [0.15, 0.2) is 0 Å². The van der Waals surface area contributed by atoms with Gasteiger partial charge in [-0.15, -0.1) is 0 Å². The lowest BCUT2D eigenvalue weighted by Gasteiger charge is -2.00. The predicted molar refractivity (Wildman–Crippen MR) is 53.4 cm³/mol. The minimum atomic E-state index is -0.138. The van der Waals surface area contributed by atoms with Crippen molar-refractivity contribution in [3.05, 3.63) is 41.7 Å². The largest absolute Gasteiger partial charge is 0.285 e. The number of hydrogen-bond donors (Lipinski definition) is 0. The monoisotopic (exact) mass is 202 g/mol. The van der Waals surface area contributed by atoms with Crippen LogP contribution in [0.1, 0.15) is 22.0 Å². The van der Waals surface area contributed by atoms with Crippen molar-refractivity contribution in [1.82, 2.24) is 19.7 Å². The first-order chi connectivity index (χ1) is 7.18. The number of rotatable bonds is 2. The van der Waals surface area contributed by atoms with Gasteiger partial charge in [-0.25, -0.2) is 9.97 Å². The molecule has 76 valence electrons. The summed E-state index contributed by atoms with van der Waals surface area (Å²) in [4.78, 5) is 19.9. The highest BCUT2D eigenvalue weighted by Gasteiger charge is 2.13. The van der Waals surface area contributed by atoms with E-state index in [0.29, 0.717) is 17.2 Å². The molecule has 2 rings (SSSR count). The van der Waals surface area contributed by atoms with Crippen LogP contribution in [0.2, 0.25) is 0 Å². The van der Waals surface area contributed by atoms with Crippen LogP contribution in [0.4, 0.5) is 0 Å². The molecular formula is C10H10N4O. The van der Waals surface area contributed by atoms with Crippen LogP contribution in [-0.4, -0.2) is 25.5 Å². The Labute approximate surface area is 86.8 Å². The molecule has 2 aromatic heterocycles. The Balaban J connectivity index is 2.41. The normalized spacial score (nSPS) is 10.3. The van der Waals surface area contributed by atoms with E-state index in [9.17, 15) is 4.79 Å². The molecule has 15 heavy (non-hydrogen) atoms. The van der Waals surface area contributed by atoms with Gasteiger partial charge in [0.25, 0.3) is 0 Å². The molecule has 5 heteroatoms. The predicted octanol–water partition coefficient (Wildman–Crippen LogP) is 0.750. The number of carbonyl (C=O) groups is 1. The van der Waals surface area contributed by atoms with E-state index >= 15 is 0 Å². The zero-order valence-electron chi connectivity index (χ0n) is 8.51. The second kappa shape index (κ2) is 3.61. The van der Waals surface area contributed by atoms with Gasteiger partial charge in [0, 0.05) is 19.4 Å². The van der Waals surface area contributed by atoms with E-state index in [1.54, 1.807) is 38.5 Å². The first-order valence-electron chi connectivity index (χ1n) is 4.51. The molecule has 0 saturated heterocycles. The van der Waals surface area contributed by atoms with Gasteiger partial charge in [0.2, 0.25) is 5.78 Å². The maximum absolute atomic E-state index is 11.9. The molecule has 0 aliphatic carbocycles. The van der Waals surface area contributed by atoms with Crippen LogP contribution in [0.25, 0.3) is 0 Å². The van der Waals surface area contributed by atoms with Crippen LogP contribution in [0.5, 0.6) is 0 Å². The quantitative estimate of drug-likeness (QED) is 0.674. The highest BCUT2D eigenvalue weighted by molar-refractivity contribution is 6.06. The van der Waals surface area contributed by atoms with Gasteiger partial charge >= 0.3 is 0 Å². The SMILES string of the molecule is Cc1nccc(C(=O)c2ccnn2C)n1. The van der Waals surface area contributed by atoms with Crippen molar-refractivity contribution in [2.24, 2.45) is 7.05 Å². The van der Waals surface area contributed by atoms with Gasteiger partial charge in [-0.05, 0) is 19.1 Å². The Morgan fingerprint density at radius 3 is 2.73 bits per heavy atom. The molecule has 0 atom stereocenters. The molecule has 2 aromatic rings. The molecule has 0 aromatic carbocycles. The Morgan fingerprint density at radius 1 is 1.33 bits per heavy atom. The minimum Gasteiger partial charge on any atom is -0.285 e. The molecule has 0 saturated carbocycles. The van der Waals surface area contributed by atoms with Gasteiger partial charge in [0.05, 0.1) is 0 Å². The summed E-state index contributed by atoms with van der Waals surface area (Å²) in [6.07, 6.45) is 3.16. The summed E-state index contributed by atoms with van der Waals surface area (Å²) in [6.45, 7) is 1.75. The summed E-state index contributed by atoms with van der Waals surface area (Å²) in [6, 6.07) is 3.27. The van der Waals surface area contributed by atoms with E-state index in [4.69, 9.17) is 0 Å². The van der Waals surface area contributed by atoms with Gasteiger partial charge in [0.1, 0.15) is 17.2 Å². The van der Waals surface area contributed by atoms with Crippen molar-refractivity contribution < 1.29 is 4.79 Å². The molecule has 0 fully saturated rings. The van der Waals surface area contributed by atoms with E-state index in [1.165, 1.54) is 4.68 Å². The van der Waals surface area contributed by atoms with E-state index in [2.05, 4.69) is 15.1 Å². The van der Waals surface area contributed by atoms with Gasteiger partial charge in [-0.3, -0.25) is 9.48 Å². The lowest BCUT2D eigenvalue weighted by atomic mass is 10.2. The topological polar surface area (TPSA) is 60.7 Å². The third kappa shape index (κ3) is 1.76. The van der Waals surface area contributed by atoms with E-state index in [-0.39, 0.29) is 5.78 Å². The Kier molecular flexibility index (Phi) is 2.29. The van der Waals surface area contributed by atoms with Crippen molar-refractivity contribution in [1.29, 1.82) is 0 Å². The summed E-state index contributed by atoms with van der Waals surface area (Å²) in [7, 11) is 1.72. The highest BCUT2D eigenvalue weighted by atomic mass is 16.1. The first-order valence-corrected chi connectivity index (χ1v) is 4.51. The zero-order chi connectivity index (χ0) is 10.8. The number of aromatic nitrogens is 4. The lowest BCUT2D eigenvalue weighted by molar-refractivity contribution is 0.102. The average Bonchev–Trinajstić information content (AvgIpc) is 2.63. The maximum Gasteiger partial charge on any atom is 0.229 e. The fourth-order valence-corrected chi connectivity index (χ4v) is 1.31. The number of carbonyl (C=O) groups excluding carboxylic acids is 1. The molecule has 0 spiro atoms. The Hall–Kier alpha value is -2.04. The molecule has 2 heterocycles. The zero-order valence-corrected chi connectivity index (χ0v) is 8.51. The maximum atomic E-state index is 11.9. The number of aryl methyl sites for hydroxylation is 2. The molecule has 0 radical (unpaired) electrons. The summed E-state index contributed by atoms with van der Waals surface area (Å²) in [5, 5.41) is 3.94. The summed E-state index contributed by atoms with van der Waals surface area (Å²) in [5.74, 6) is 0.448. The molecule has 5 nitrogen and oxygen atoms in total. The smallest absolute Gasteiger partial charge is 0.229 e. The number of ketones is 1. The van der Waals surface area contributed by atoms with E-state index in [0.717, 1.165) is 0 Å². The summed E-state index contributed by atoms with van der Waals surface area (Å²) >= 11 is 0. The van der Waals surface area contributed by atoms with Crippen molar-refractivity contribution in [2.45, 2.75) is 6.92 Å². The molecule has 0 aliphatic rings. The fraction of sp³-hybridized carbons (Fsp3) is 0.200. The van der Waals surface area contributed by atoms with Crippen LogP contribution in [0.15, 0.2) is 24.5 Å². The van der Waals surface area contributed by atoms with Crippen LogP contribution >= 0.6 is 0 Å². The lowest BCUT2D eigenvalue weighted by Crippen LogP contribution is -2.10. The van der Waals surface area contributed by atoms with Crippen LogP contribution in [-0.2, 0) is 7.05 Å². The van der Waals surface area contributed by atoms with Crippen LogP contribution in [0, 0.1) is 6.92 Å². The fourth-order valence-electron chi connectivity index (χ4n) is 1.31. The highest BCUT2D eigenvalue weighted by Crippen LogP contribution is 2.05. The average molecular weight is 202 g/mol.